The van der Waals surface area contributed by atoms with Crippen LogP contribution in [0.5, 0.6) is 0 Å². The summed E-state index contributed by atoms with van der Waals surface area (Å²) < 4.78 is 16.5. The van der Waals surface area contributed by atoms with Gasteiger partial charge in [-0.25, -0.2) is 0 Å². The van der Waals surface area contributed by atoms with Crippen molar-refractivity contribution in [1.29, 1.82) is 0 Å². The summed E-state index contributed by atoms with van der Waals surface area (Å²) >= 11 is 0. The number of hydrogen-bond donors (Lipinski definition) is 2. The number of nitrogens with zero attached hydrogens (tertiary/aromatic N) is 1. The quantitative estimate of drug-likeness (QED) is 0.435. The molecular formula is C17H29N3O3. The molecule has 1 aliphatic rings. The van der Waals surface area contributed by atoms with Crippen LogP contribution in [0, 0.1) is 19.8 Å². The van der Waals surface area contributed by atoms with E-state index < -0.39 is 0 Å². The van der Waals surface area contributed by atoms with E-state index >= 15 is 0 Å². The van der Waals surface area contributed by atoms with Gasteiger partial charge in [-0.2, -0.15) is 0 Å². The van der Waals surface area contributed by atoms with Crippen molar-refractivity contribution in [2.24, 2.45) is 10.9 Å². The second-order valence-corrected chi connectivity index (χ2v) is 5.95. The topological polar surface area (TPSA) is 68.0 Å². The molecule has 0 amide bonds. The van der Waals surface area contributed by atoms with Crippen molar-refractivity contribution in [2.45, 2.75) is 33.2 Å². The van der Waals surface area contributed by atoms with E-state index in [1.807, 2.05) is 13.8 Å². The van der Waals surface area contributed by atoms with Gasteiger partial charge in [0.05, 0.1) is 13.2 Å². The predicted molar refractivity (Wildman–Crippen MR) is 90.7 cm³/mol. The Morgan fingerprint density at radius 1 is 1.39 bits per heavy atom. The fraction of sp³-hybridized carbons (Fsp3) is 0.706. The molecule has 6 heteroatoms. The minimum absolute atomic E-state index is 0.582. The molecule has 6 nitrogen and oxygen atoms in total. The summed E-state index contributed by atoms with van der Waals surface area (Å²) in [6.07, 6.45) is 2.08. The average molecular weight is 323 g/mol. The maximum atomic E-state index is 5.69. The third-order valence-corrected chi connectivity index (χ3v) is 3.95. The fourth-order valence-corrected chi connectivity index (χ4v) is 2.60. The highest BCUT2D eigenvalue weighted by molar-refractivity contribution is 5.79. The first-order valence-corrected chi connectivity index (χ1v) is 8.35. The van der Waals surface area contributed by atoms with E-state index in [-0.39, 0.29) is 0 Å². The van der Waals surface area contributed by atoms with Crippen LogP contribution in [0.1, 0.15) is 29.9 Å². The maximum Gasteiger partial charge on any atom is 0.191 e. The van der Waals surface area contributed by atoms with Crippen molar-refractivity contribution in [3.05, 3.63) is 23.2 Å². The van der Waals surface area contributed by atoms with Crippen LogP contribution in [0.3, 0.4) is 0 Å². The lowest BCUT2D eigenvalue weighted by Crippen LogP contribution is -2.37. The Morgan fingerprint density at radius 3 is 2.91 bits per heavy atom. The zero-order valence-corrected chi connectivity index (χ0v) is 14.5. The lowest BCUT2D eigenvalue weighted by molar-refractivity contribution is 0.0888. The molecule has 1 aliphatic heterocycles. The molecule has 0 aliphatic carbocycles. The van der Waals surface area contributed by atoms with Gasteiger partial charge in [-0.05, 0) is 32.8 Å². The zero-order chi connectivity index (χ0) is 16.5. The molecule has 23 heavy (non-hydrogen) atoms. The Morgan fingerprint density at radius 2 is 2.26 bits per heavy atom. The monoisotopic (exact) mass is 323 g/mol. The number of aliphatic imine (C=N–C) groups is 1. The van der Waals surface area contributed by atoms with Crippen LogP contribution in [0.25, 0.3) is 0 Å². The van der Waals surface area contributed by atoms with Gasteiger partial charge >= 0.3 is 0 Å². The van der Waals surface area contributed by atoms with E-state index in [0.717, 1.165) is 68.9 Å². The van der Waals surface area contributed by atoms with Crippen molar-refractivity contribution in [3.8, 4) is 0 Å². The van der Waals surface area contributed by atoms with Crippen molar-refractivity contribution < 1.29 is 13.9 Å². The number of hydrogen-bond acceptors (Lipinski definition) is 4. The number of nitrogens with one attached hydrogen (secondary N) is 2. The largest absolute Gasteiger partial charge is 0.466 e. The van der Waals surface area contributed by atoms with E-state index in [1.54, 1.807) is 7.05 Å². The van der Waals surface area contributed by atoms with E-state index in [4.69, 9.17) is 13.9 Å². The van der Waals surface area contributed by atoms with E-state index in [9.17, 15) is 0 Å². The van der Waals surface area contributed by atoms with Crippen LogP contribution < -0.4 is 10.6 Å². The molecule has 1 aromatic heterocycles. The molecule has 1 aromatic rings. The van der Waals surface area contributed by atoms with Crippen LogP contribution in [0.2, 0.25) is 0 Å². The summed E-state index contributed by atoms with van der Waals surface area (Å²) in [5.74, 6) is 3.27. The summed E-state index contributed by atoms with van der Waals surface area (Å²) in [6, 6.07) is 2.05. The first kappa shape index (κ1) is 17.8. The Balaban J connectivity index is 1.55. The molecule has 0 bridgehead atoms. The Kier molecular flexibility index (Phi) is 7.42. The van der Waals surface area contributed by atoms with Gasteiger partial charge in [0.2, 0.25) is 0 Å². The zero-order valence-electron chi connectivity index (χ0n) is 14.5. The number of furan rings is 1. The fourth-order valence-electron chi connectivity index (χ4n) is 2.60. The summed E-state index contributed by atoms with van der Waals surface area (Å²) in [5.41, 5.74) is 1.16. The molecular weight excluding hydrogens is 294 g/mol. The Bertz CT molecular complexity index is 493. The smallest absolute Gasteiger partial charge is 0.191 e. The molecule has 1 atom stereocenters. The van der Waals surface area contributed by atoms with Crippen LogP contribution in [-0.4, -0.2) is 46.0 Å². The second-order valence-electron chi connectivity index (χ2n) is 5.95. The molecule has 0 radical (unpaired) electrons. The normalized spacial score (nSPS) is 18.4. The Labute approximate surface area is 138 Å². The van der Waals surface area contributed by atoms with Crippen LogP contribution in [-0.2, 0) is 16.0 Å². The molecule has 2 rings (SSSR count). The van der Waals surface area contributed by atoms with Crippen molar-refractivity contribution >= 4 is 5.96 Å². The van der Waals surface area contributed by atoms with E-state index in [1.165, 1.54) is 0 Å². The van der Waals surface area contributed by atoms with Gasteiger partial charge in [-0.15, -0.1) is 0 Å². The molecule has 2 N–H and O–H groups in total. The predicted octanol–water partition coefficient (Wildman–Crippen LogP) is 2.00. The van der Waals surface area contributed by atoms with Gasteiger partial charge in [0.25, 0.3) is 0 Å². The van der Waals surface area contributed by atoms with Crippen molar-refractivity contribution in [1.82, 2.24) is 10.6 Å². The third kappa shape index (κ3) is 6.23. The first-order valence-electron chi connectivity index (χ1n) is 8.35. The van der Waals surface area contributed by atoms with Crippen LogP contribution >= 0.6 is 0 Å². The molecule has 0 spiro atoms. The molecule has 130 valence electrons. The van der Waals surface area contributed by atoms with Crippen LogP contribution in [0.4, 0.5) is 0 Å². The third-order valence-electron chi connectivity index (χ3n) is 3.95. The highest BCUT2D eigenvalue weighted by Crippen LogP contribution is 2.13. The number of aryl methyl sites for hydroxylation is 2. The minimum atomic E-state index is 0.582. The van der Waals surface area contributed by atoms with Gasteiger partial charge in [0.1, 0.15) is 11.5 Å². The summed E-state index contributed by atoms with van der Waals surface area (Å²) in [6.45, 7) is 8.79. The minimum Gasteiger partial charge on any atom is -0.466 e. The van der Waals surface area contributed by atoms with Gasteiger partial charge in [0.15, 0.2) is 5.96 Å². The molecule has 0 aromatic carbocycles. The van der Waals surface area contributed by atoms with Crippen molar-refractivity contribution in [2.75, 3.05) is 40.0 Å². The highest BCUT2D eigenvalue weighted by atomic mass is 16.5. The molecule has 2 heterocycles. The van der Waals surface area contributed by atoms with E-state index in [2.05, 4.69) is 21.7 Å². The summed E-state index contributed by atoms with van der Waals surface area (Å²) in [7, 11) is 1.78. The Hall–Kier alpha value is -1.53. The van der Waals surface area contributed by atoms with Gasteiger partial charge in [0, 0.05) is 44.8 Å². The molecule has 1 unspecified atom stereocenters. The number of ether oxygens (including phenoxy) is 2. The standard InChI is InChI=1S/C17H29N3O3/c1-13-9-16(14(2)23-13)10-20-17(18-3)19-6-4-7-21-11-15-5-8-22-12-15/h9,15H,4-8,10-12H2,1-3H3,(H2,18,19,20). The lowest BCUT2D eigenvalue weighted by atomic mass is 10.1. The number of rotatable bonds is 8. The molecule has 1 saturated heterocycles. The molecule has 1 fully saturated rings. The lowest BCUT2D eigenvalue weighted by Gasteiger charge is -2.12. The first-order chi connectivity index (χ1) is 11.2. The second kappa shape index (κ2) is 9.57. The summed E-state index contributed by atoms with van der Waals surface area (Å²) in [5, 5.41) is 6.60. The highest BCUT2D eigenvalue weighted by Gasteiger charge is 2.15. The van der Waals surface area contributed by atoms with Gasteiger partial charge in [-0.3, -0.25) is 4.99 Å². The van der Waals surface area contributed by atoms with Crippen molar-refractivity contribution in [3.63, 3.8) is 0 Å². The maximum absolute atomic E-state index is 5.69. The SMILES string of the molecule is CN=C(NCCCOCC1CCOC1)NCc1cc(C)oc1C. The van der Waals surface area contributed by atoms with Gasteiger partial charge < -0.3 is 24.5 Å². The van der Waals surface area contributed by atoms with Crippen LogP contribution in [0.15, 0.2) is 15.5 Å². The van der Waals surface area contributed by atoms with Gasteiger partial charge in [-0.1, -0.05) is 0 Å². The number of guanidine groups is 1. The average Bonchev–Trinajstić information content (AvgIpc) is 3.15. The molecule has 0 saturated carbocycles. The van der Waals surface area contributed by atoms with E-state index in [0.29, 0.717) is 12.5 Å². The summed E-state index contributed by atoms with van der Waals surface area (Å²) in [4.78, 5) is 4.23.